The highest BCUT2D eigenvalue weighted by atomic mass is 16.5. The van der Waals surface area contributed by atoms with Crippen LogP contribution in [0.2, 0.25) is 0 Å². The average Bonchev–Trinajstić information content (AvgIpc) is 3.14. The number of ether oxygens (including phenoxy) is 1. The summed E-state index contributed by atoms with van der Waals surface area (Å²) in [6.45, 7) is 17.6. The van der Waals surface area contributed by atoms with E-state index < -0.39 is 0 Å². The summed E-state index contributed by atoms with van der Waals surface area (Å²) in [5.74, 6) is 1.67. The molecule has 2 N–H and O–H groups in total. The van der Waals surface area contributed by atoms with Crippen LogP contribution in [0.1, 0.15) is 94.0 Å². The minimum Gasteiger partial charge on any atom is -0.507 e. The van der Waals surface area contributed by atoms with E-state index in [1.807, 2.05) is 0 Å². The summed E-state index contributed by atoms with van der Waals surface area (Å²) in [7, 11) is 0. The van der Waals surface area contributed by atoms with Crippen LogP contribution in [0.3, 0.4) is 0 Å². The SMILES string of the molecule is Cc1c([C@H]2Oc3ccccc3[C@@H](c3cc(C(C)(C)C)c(O)c(C(C)(C)C)c3)[C@@H]2C)[nH]c2ccccc12. The number of phenolic OH excluding ortho intramolecular Hbond substituents is 1. The van der Waals surface area contributed by atoms with E-state index in [9.17, 15) is 5.11 Å². The Labute approximate surface area is 215 Å². The molecule has 0 saturated heterocycles. The highest BCUT2D eigenvalue weighted by Gasteiger charge is 2.40. The molecule has 0 spiro atoms. The number of aromatic nitrogens is 1. The van der Waals surface area contributed by atoms with E-state index in [-0.39, 0.29) is 28.8 Å². The number of H-pyrrole nitrogens is 1. The number of hydrogen-bond acceptors (Lipinski definition) is 2. The van der Waals surface area contributed by atoms with Gasteiger partial charge in [0.15, 0.2) is 0 Å². The van der Waals surface area contributed by atoms with Crippen LogP contribution in [0.4, 0.5) is 0 Å². The third-order valence-electron chi connectivity index (χ3n) is 7.91. The third-order valence-corrected chi connectivity index (χ3v) is 7.91. The van der Waals surface area contributed by atoms with E-state index in [4.69, 9.17) is 4.74 Å². The van der Waals surface area contributed by atoms with Crippen molar-refractivity contribution in [3.05, 3.63) is 94.2 Å². The van der Waals surface area contributed by atoms with Gasteiger partial charge in [-0.1, -0.05) is 97.0 Å². The van der Waals surface area contributed by atoms with Crippen molar-refractivity contribution in [2.45, 2.75) is 78.2 Å². The van der Waals surface area contributed by atoms with E-state index in [1.165, 1.54) is 22.1 Å². The fourth-order valence-corrected chi connectivity index (χ4v) is 5.92. The molecule has 36 heavy (non-hydrogen) atoms. The second-order valence-electron chi connectivity index (χ2n) is 12.6. The topological polar surface area (TPSA) is 45.2 Å². The van der Waals surface area contributed by atoms with Crippen LogP contribution in [0.15, 0.2) is 60.7 Å². The molecule has 0 unspecified atom stereocenters. The van der Waals surface area contributed by atoms with E-state index in [2.05, 4.69) is 121 Å². The first-order chi connectivity index (χ1) is 16.9. The molecule has 1 aliphatic heterocycles. The molecule has 2 heterocycles. The maximum Gasteiger partial charge on any atom is 0.142 e. The number of fused-ring (bicyclic) bond motifs is 2. The summed E-state index contributed by atoms with van der Waals surface area (Å²) in [5, 5.41) is 12.6. The molecular weight excluding hydrogens is 442 g/mol. The molecule has 188 valence electrons. The standard InChI is InChI=1S/C33H39NO2/c1-19-22-13-9-11-15-26(22)34-29(19)31-20(2)28(23-14-10-12-16-27(23)36-31)21-17-24(32(3,4)5)30(35)25(18-21)33(6,7)8/h9-18,20,28,31,34-35H,1-8H3/t20-,28+,31-/m0/s1. The van der Waals surface area contributed by atoms with Crippen LogP contribution in [0, 0.1) is 12.8 Å². The number of benzene rings is 3. The van der Waals surface area contributed by atoms with Gasteiger partial charge < -0.3 is 14.8 Å². The van der Waals surface area contributed by atoms with Crippen LogP contribution in [-0.4, -0.2) is 10.1 Å². The van der Waals surface area contributed by atoms with Gasteiger partial charge in [-0.05, 0) is 52.1 Å². The molecule has 3 aromatic carbocycles. The van der Waals surface area contributed by atoms with Gasteiger partial charge in [-0.3, -0.25) is 0 Å². The van der Waals surface area contributed by atoms with Gasteiger partial charge in [0.25, 0.3) is 0 Å². The van der Waals surface area contributed by atoms with Crippen LogP contribution >= 0.6 is 0 Å². The fourth-order valence-electron chi connectivity index (χ4n) is 5.92. The van der Waals surface area contributed by atoms with Crippen LogP contribution in [-0.2, 0) is 10.8 Å². The predicted octanol–water partition coefficient (Wildman–Crippen LogP) is 8.68. The Morgan fingerprint density at radius 3 is 2.03 bits per heavy atom. The number of para-hydroxylation sites is 2. The summed E-state index contributed by atoms with van der Waals surface area (Å²) < 4.78 is 6.73. The van der Waals surface area contributed by atoms with Crippen molar-refractivity contribution >= 4 is 10.9 Å². The summed E-state index contributed by atoms with van der Waals surface area (Å²) in [5.41, 5.74) is 7.63. The molecule has 0 saturated carbocycles. The molecule has 4 aromatic rings. The van der Waals surface area contributed by atoms with Crippen LogP contribution < -0.4 is 4.74 Å². The monoisotopic (exact) mass is 481 g/mol. The van der Waals surface area contributed by atoms with E-state index in [0.29, 0.717) is 5.75 Å². The fraction of sp³-hybridized carbons (Fsp3) is 0.394. The molecule has 0 amide bonds. The highest BCUT2D eigenvalue weighted by Crippen LogP contribution is 2.51. The minimum atomic E-state index is -0.179. The van der Waals surface area contributed by atoms with Gasteiger partial charge in [-0.25, -0.2) is 0 Å². The first-order valence-corrected chi connectivity index (χ1v) is 13.1. The number of rotatable bonds is 2. The molecule has 5 rings (SSSR count). The lowest BCUT2D eigenvalue weighted by Gasteiger charge is -2.39. The first-order valence-electron chi connectivity index (χ1n) is 13.1. The Balaban J connectivity index is 1.73. The first kappa shape index (κ1) is 24.5. The Bertz CT molecular complexity index is 1400. The Hall–Kier alpha value is -3.20. The van der Waals surface area contributed by atoms with Crippen molar-refractivity contribution < 1.29 is 9.84 Å². The smallest absolute Gasteiger partial charge is 0.142 e. The van der Waals surface area contributed by atoms with Gasteiger partial charge in [0.1, 0.15) is 17.6 Å². The van der Waals surface area contributed by atoms with Crippen molar-refractivity contribution in [2.75, 3.05) is 0 Å². The largest absolute Gasteiger partial charge is 0.507 e. The predicted molar refractivity (Wildman–Crippen MR) is 149 cm³/mol. The summed E-state index contributed by atoms with van der Waals surface area (Å²) in [4.78, 5) is 3.68. The average molecular weight is 482 g/mol. The highest BCUT2D eigenvalue weighted by molar-refractivity contribution is 5.84. The normalized spacial score (nSPS) is 20.3. The maximum absolute atomic E-state index is 11.4. The number of phenols is 1. The van der Waals surface area contributed by atoms with Gasteiger partial charge >= 0.3 is 0 Å². The van der Waals surface area contributed by atoms with Crippen molar-refractivity contribution in [1.82, 2.24) is 4.98 Å². The molecule has 3 atom stereocenters. The quantitative estimate of drug-likeness (QED) is 0.301. The van der Waals surface area contributed by atoms with Crippen molar-refractivity contribution in [3.8, 4) is 11.5 Å². The van der Waals surface area contributed by atoms with E-state index in [0.717, 1.165) is 28.1 Å². The molecule has 1 aliphatic rings. The Morgan fingerprint density at radius 2 is 1.42 bits per heavy atom. The lowest BCUT2D eigenvalue weighted by atomic mass is 9.71. The Kier molecular flexibility index (Phi) is 5.74. The molecule has 0 bridgehead atoms. The number of hydrogen-bond donors (Lipinski definition) is 2. The zero-order chi connectivity index (χ0) is 26.0. The van der Waals surface area contributed by atoms with Gasteiger partial charge in [0, 0.05) is 28.3 Å². The second kappa shape index (κ2) is 8.44. The number of aromatic amines is 1. The lowest BCUT2D eigenvalue weighted by Crippen LogP contribution is -2.30. The van der Waals surface area contributed by atoms with Gasteiger partial charge in [-0.15, -0.1) is 0 Å². The molecule has 0 aliphatic carbocycles. The summed E-state index contributed by atoms with van der Waals surface area (Å²) >= 11 is 0. The number of aromatic hydroxyl groups is 1. The zero-order valence-corrected chi connectivity index (χ0v) is 22.9. The van der Waals surface area contributed by atoms with Crippen molar-refractivity contribution in [3.63, 3.8) is 0 Å². The molecule has 0 radical (unpaired) electrons. The molecular formula is C33H39NO2. The molecule has 0 fully saturated rings. The Morgan fingerprint density at radius 1 is 0.833 bits per heavy atom. The van der Waals surface area contributed by atoms with Gasteiger partial charge in [-0.2, -0.15) is 0 Å². The number of aryl methyl sites for hydroxylation is 1. The lowest BCUT2D eigenvalue weighted by molar-refractivity contribution is 0.107. The summed E-state index contributed by atoms with van der Waals surface area (Å²) in [6, 6.07) is 21.4. The van der Waals surface area contributed by atoms with Gasteiger partial charge in [0.2, 0.25) is 0 Å². The summed E-state index contributed by atoms with van der Waals surface area (Å²) in [6.07, 6.45) is -0.109. The zero-order valence-electron chi connectivity index (χ0n) is 22.9. The second-order valence-corrected chi connectivity index (χ2v) is 12.6. The molecule has 1 aromatic heterocycles. The molecule has 3 heteroatoms. The van der Waals surface area contributed by atoms with Crippen molar-refractivity contribution in [1.29, 1.82) is 0 Å². The minimum absolute atomic E-state index is 0.109. The third kappa shape index (κ3) is 3.99. The van der Waals surface area contributed by atoms with Gasteiger partial charge in [0.05, 0.1) is 5.69 Å². The van der Waals surface area contributed by atoms with Crippen LogP contribution in [0.25, 0.3) is 10.9 Å². The van der Waals surface area contributed by atoms with Crippen LogP contribution in [0.5, 0.6) is 11.5 Å². The molecule has 3 nitrogen and oxygen atoms in total. The maximum atomic E-state index is 11.4. The van der Waals surface area contributed by atoms with Crippen molar-refractivity contribution in [2.24, 2.45) is 5.92 Å². The number of nitrogens with one attached hydrogen (secondary N) is 1. The van der Waals surface area contributed by atoms with E-state index >= 15 is 0 Å². The van der Waals surface area contributed by atoms with E-state index in [1.54, 1.807) is 0 Å².